The molecular weight excluding hydrogens is 234 g/mol. The highest BCUT2D eigenvalue weighted by Gasteiger charge is 2.09. The number of rotatable bonds is 7. The molecule has 0 bridgehead atoms. The van der Waals surface area contributed by atoms with E-state index in [1.165, 1.54) is 0 Å². The van der Waals surface area contributed by atoms with Crippen LogP contribution in [0.5, 0.6) is 0 Å². The number of ether oxygens (including phenoxy) is 1. The number of methoxy groups -OCH3 is 1. The van der Waals surface area contributed by atoms with Crippen LogP contribution in [0.2, 0.25) is 0 Å². The zero-order valence-electron chi connectivity index (χ0n) is 8.31. The Bertz CT molecular complexity index is 136. The molecule has 0 aromatic rings. The molecule has 4 heteroatoms. The minimum absolute atomic E-state index is 0.0902. The summed E-state index contributed by atoms with van der Waals surface area (Å²) >= 11 is 3.23. The highest BCUT2D eigenvalue weighted by molar-refractivity contribution is 9.09. The van der Waals surface area contributed by atoms with E-state index in [0.29, 0.717) is 18.4 Å². The van der Waals surface area contributed by atoms with Gasteiger partial charge < -0.3 is 10.1 Å². The second kappa shape index (κ2) is 8.51. The topological polar surface area (TPSA) is 38.3 Å². The Kier molecular flexibility index (Phi) is 8.45. The van der Waals surface area contributed by atoms with Gasteiger partial charge in [0.2, 0.25) is 5.91 Å². The molecule has 1 N–H and O–H groups in total. The lowest BCUT2D eigenvalue weighted by atomic mass is 10.2. The fourth-order valence-electron chi connectivity index (χ4n) is 1.13. The van der Waals surface area contributed by atoms with Crippen molar-refractivity contribution in [3.05, 3.63) is 0 Å². The Morgan fingerprint density at radius 1 is 1.62 bits per heavy atom. The third kappa shape index (κ3) is 7.02. The van der Waals surface area contributed by atoms with Gasteiger partial charge in [-0.25, -0.2) is 0 Å². The monoisotopic (exact) mass is 251 g/mol. The fraction of sp³-hybridized carbons (Fsp3) is 0.889. The van der Waals surface area contributed by atoms with Crippen molar-refractivity contribution in [2.45, 2.75) is 32.2 Å². The molecule has 13 heavy (non-hydrogen) atoms. The van der Waals surface area contributed by atoms with Crippen LogP contribution in [0.1, 0.15) is 26.2 Å². The van der Waals surface area contributed by atoms with Crippen LogP contribution in [-0.2, 0) is 9.53 Å². The third-order valence-electron chi connectivity index (χ3n) is 1.69. The van der Waals surface area contributed by atoms with Gasteiger partial charge >= 0.3 is 0 Å². The van der Waals surface area contributed by atoms with Gasteiger partial charge in [0.1, 0.15) is 0 Å². The van der Waals surface area contributed by atoms with Gasteiger partial charge in [-0.3, -0.25) is 4.79 Å². The number of amides is 1. The maximum absolute atomic E-state index is 11.2. The molecule has 0 aliphatic carbocycles. The summed E-state index contributed by atoms with van der Waals surface area (Å²) < 4.78 is 5.01. The van der Waals surface area contributed by atoms with E-state index in [1.807, 2.05) is 0 Å². The molecular formula is C9H18BrNO2. The smallest absolute Gasteiger partial charge is 0.221 e. The van der Waals surface area contributed by atoms with Crippen LogP contribution in [0, 0.1) is 0 Å². The summed E-state index contributed by atoms with van der Waals surface area (Å²) in [5.41, 5.74) is 0. The van der Waals surface area contributed by atoms with E-state index in [0.717, 1.165) is 12.8 Å². The Labute approximate surface area is 88.4 Å². The molecule has 0 fully saturated rings. The van der Waals surface area contributed by atoms with Crippen molar-refractivity contribution < 1.29 is 9.53 Å². The molecule has 1 atom stereocenters. The lowest BCUT2D eigenvalue weighted by molar-refractivity contribution is -0.121. The quantitative estimate of drug-likeness (QED) is 0.700. The number of carbonyl (C=O) groups is 1. The average Bonchev–Trinajstić information content (AvgIpc) is 2.05. The molecule has 0 aliphatic rings. The number of carbonyl (C=O) groups excluding carboxylic acids is 1. The molecule has 0 heterocycles. The molecule has 0 radical (unpaired) electrons. The van der Waals surface area contributed by atoms with Crippen molar-refractivity contribution in [2.75, 3.05) is 19.0 Å². The summed E-state index contributed by atoms with van der Waals surface area (Å²) in [5.74, 6) is 0.0902. The molecule has 1 unspecified atom stereocenters. The third-order valence-corrected chi connectivity index (χ3v) is 2.09. The molecule has 1 amide bonds. The van der Waals surface area contributed by atoms with Gasteiger partial charge in [-0.05, 0) is 6.42 Å². The standard InChI is InChI=1S/C9H18BrNO2/c1-3-4-8(7-13-2)11-9(12)5-6-10/h8H,3-7H2,1-2H3,(H,11,12). The van der Waals surface area contributed by atoms with Crippen LogP contribution in [0.25, 0.3) is 0 Å². The van der Waals surface area contributed by atoms with Gasteiger partial charge in [0.15, 0.2) is 0 Å². The van der Waals surface area contributed by atoms with Crippen LogP contribution in [0.15, 0.2) is 0 Å². The van der Waals surface area contributed by atoms with E-state index >= 15 is 0 Å². The Hall–Kier alpha value is -0.0900. The van der Waals surface area contributed by atoms with Crippen molar-refractivity contribution >= 4 is 21.8 Å². The Balaban J connectivity index is 3.71. The van der Waals surface area contributed by atoms with Crippen LogP contribution in [0.4, 0.5) is 0 Å². The van der Waals surface area contributed by atoms with Crippen LogP contribution < -0.4 is 5.32 Å². The second-order valence-corrected chi connectivity index (χ2v) is 3.74. The maximum Gasteiger partial charge on any atom is 0.221 e. The van der Waals surface area contributed by atoms with Crippen LogP contribution in [0.3, 0.4) is 0 Å². The van der Waals surface area contributed by atoms with E-state index in [2.05, 4.69) is 28.2 Å². The number of nitrogens with one attached hydrogen (secondary N) is 1. The fourth-order valence-corrected chi connectivity index (χ4v) is 1.49. The molecule has 78 valence electrons. The average molecular weight is 252 g/mol. The first-order valence-corrected chi connectivity index (χ1v) is 5.71. The SMILES string of the molecule is CCCC(COC)NC(=O)CCBr. The van der Waals surface area contributed by atoms with Crippen molar-refractivity contribution in [3.63, 3.8) is 0 Å². The molecule has 0 aromatic heterocycles. The van der Waals surface area contributed by atoms with E-state index < -0.39 is 0 Å². The van der Waals surface area contributed by atoms with Crippen molar-refractivity contribution in [3.8, 4) is 0 Å². The number of hydrogen-bond donors (Lipinski definition) is 1. The van der Waals surface area contributed by atoms with Gasteiger partial charge in [-0.1, -0.05) is 29.3 Å². The largest absolute Gasteiger partial charge is 0.383 e. The van der Waals surface area contributed by atoms with Gasteiger partial charge in [0.25, 0.3) is 0 Å². The maximum atomic E-state index is 11.2. The second-order valence-electron chi connectivity index (χ2n) is 2.95. The van der Waals surface area contributed by atoms with E-state index in [9.17, 15) is 4.79 Å². The Morgan fingerprint density at radius 2 is 2.31 bits per heavy atom. The molecule has 0 rings (SSSR count). The molecule has 0 aromatic carbocycles. The zero-order valence-corrected chi connectivity index (χ0v) is 9.89. The molecule has 0 saturated heterocycles. The molecule has 0 aliphatic heterocycles. The van der Waals surface area contributed by atoms with E-state index in [4.69, 9.17) is 4.74 Å². The van der Waals surface area contributed by atoms with Crippen molar-refractivity contribution in [1.29, 1.82) is 0 Å². The first-order chi connectivity index (χ1) is 6.24. The summed E-state index contributed by atoms with van der Waals surface area (Å²) in [6.45, 7) is 2.70. The molecule has 0 saturated carbocycles. The lowest BCUT2D eigenvalue weighted by Gasteiger charge is -2.16. The van der Waals surface area contributed by atoms with Gasteiger partial charge in [0, 0.05) is 18.9 Å². The number of hydrogen-bond acceptors (Lipinski definition) is 2. The van der Waals surface area contributed by atoms with Gasteiger partial charge in [-0.15, -0.1) is 0 Å². The molecule has 3 nitrogen and oxygen atoms in total. The first-order valence-electron chi connectivity index (χ1n) is 4.58. The summed E-state index contributed by atoms with van der Waals surface area (Å²) in [4.78, 5) is 11.2. The summed E-state index contributed by atoms with van der Waals surface area (Å²) in [6.07, 6.45) is 2.56. The molecule has 0 spiro atoms. The summed E-state index contributed by atoms with van der Waals surface area (Å²) in [6, 6.07) is 0.168. The minimum Gasteiger partial charge on any atom is -0.383 e. The van der Waals surface area contributed by atoms with Crippen LogP contribution in [-0.4, -0.2) is 31.0 Å². The first kappa shape index (κ1) is 12.9. The Morgan fingerprint density at radius 3 is 2.77 bits per heavy atom. The van der Waals surface area contributed by atoms with E-state index in [-0.39, 0.29) is 11.9 Å². The number of alkyl halides is 1. The predicted octanol–water partition coefficient (Wildman–Crippen LogP) is 1.70. The van der Waals surface area contributed by atoms with E-state index in [1.54, 1.807) is 7.11 Å². The van der Waals surface area contributed by atoms with Gasteiger partial charge in [0.05, 0.1) is 12.6 Å². The minimum atomic E-state index is 0.0902. The summed E-state index contributed by atoms with van der Waals surface area (Å²) in [5, 5.41) is 3.64. The number of halogens is 1. The zero-order chi connectivity index (χ0) is 10.1. The van der Waals surface area contributed by atoms with Crippen LogP contribution >= 0.6 is 15.9 Å². The highest BCUT2D eigenvalue weighted by atomic mass is 79.9. The van der Waals surface area contributed by atoms with Crippen molar-refractivity contribution in [1.82, 2.24) is 5.32 Å². The highest BCUT2D eigenvalue weighted by Crippen LogP contribution is 1.98. The van der Waals surface area contributed by atoms with Gasteiger partial charge in [-0.2, -0.15) is 0 Å². The predicted molar refractivity (Wildman–Crippen MR) is 57.1 cm³/mol. The normalized spacial score (nSPS) is 12.5. The van der Waals surface area contributed by atoms with Crippen molar-refractivity contribution in [2.24, 2.45) is 0 Å². The summed E-state index contributed by atoms with van der Waals surface area (Å²) in [7, 11) is 1.65. The lowest BCUT2D eigenvalue weighted by Crippen LogP contribution is -2.37.